The van der Waals surface area contributed by atoms with E-state index in [0.29, 0.717) is 18.1 Å². The van der Waals surface area contributed by atoms with Crippen molar-refractivity contribution in [1.29, 1.82) is 0 Å². The van der Waals surface area contributed by atoms with Gasteiger partial charge in [-0.25, -0.2) is 5.90 Å². The smallest absolute Gasteiger partial charge is 0.166 e. The zero-order chi connectivity index (χ0) is 10.6. The molecule has 1 rings (SSSR count). The third-order valence-electron chi connectivity index (χ3n) is 1.94. The van der Waals surface area contributed by atoms with E-state index >= 15 is 0 Å². The van der Waals surface area contributed by atoms with Gasteiger partial charge in [0, 0.05) is 5.56 Å². The molecule has 0 radical (unpaired) electrons. The number of methoxy groups -OCH3 is 2. The van der Waals surface area contributed by atoms with E-state index in [0.717, 1.165) is 11.1 Å². The van der Waals surface area contributed by atoms with E-state index in [1.54, 1.807) is 14.2 Å². The predicted molar refractivity (Wildman–Crippen MR) is 53.3 cm³/mol. The third kappa shape index (κ3) is 2.16. The topological polar surface area (TPSA) is 53.7 Å². The average Bonchev–Trinajstić information content (AvgIpc) is 2.17. The summed E-state index contributed by atoms with van der Waals surface area (Å²) in [6, 6.07) is 3.85. The highest BCUT2D eigenvalue weighted by atomic mass is 16.6. The first-order chi connectivity index (χ1) is 6.72. The highest BCUT2D eigenvalue weighted by Crippen LogP contribution is 2.32. The van der Waals surface area contributed by atoms with Gasteiger partial charge < -0.3 is 9.47 Å². The van der Waals surface area contributed by atoms with E-state index in [4.69, 9.17) is 15.4 Å². The first-order valence-electron chi connectivity index (χ1n) is 4.26. The molecule has 4 nitrogen and oxygen atoms in total. The minimum atomic E-state index is 0.307. The Balaban J connectivity index is 3.17. The molecule has 0 fully saturated rings. The van der Waals surface area contributed by atoms with Gasteiger partial charge in [0.15, 0.2) is 11.5 Å². The van der Waals surface area contributed by atoms with Crippen LogP contribution in [0.1, 0.15) is 11.1 Å². The Morgan fingerprint density at radius 2 is 1.93 bits per heavy atom. The summed E-state index contributed by atoms with van der Waals surface area (Å²) in [5.74, 6) is 6.39. The van der Waals surface area contributed by atoms with E-state index in [1.165, 1.54) is 0 Å². The molecule has 0 saturated carbocycles. The molecule has 4 heteroatoms. The second-order valence-electron chi connectivity index (χ2n) is 2.97. The van der Waals surface area contributed by atoms with Gasteiger partial charge in [0.25, 0.3) is 0 Å². The number of rotatable bonds is 4. The van der Waals surface area contributed by atoms with Crippen molar-refractivity contribution >= 4 is 0 Å². The number of benzene rings is 1. The van der Waals surface area contributed by atoms with Crippen molar-refractivity contribution in [3.8, 4) is 11.5 Å². The molecule has 0 bridgehead atoms. The van der Waals surface area contributed by atoms with E-state index < -0.39 is 0 Å². The second-order valence-corrected chi connectivity index (χ2v) is 2.97. The van der Waals surface area contributed by atoms with Gasteiger partial charge in [-0.05, 0) is 24.6 Å². The Labute approximate surface area is 83.5 Å². The van der Waals surface area contributed by atoms with Crippen LogP contribution >= 0.6 is 0 Å². The normalized spacial score (nSPS) is 10.0. The average molecular weight is 197 g/mol. The summed E-state index contributed by atoms with van der Waals surface area (Å²) < 4.78 is 10.4. The van der Waals surface area contributed by atoms with Gasteiger partial charge in [-0.2, -0.15) is 0 Å². The minimum Gasteiger partial charge on any atom is -0.493 e. The first-order valence-corrected chi connectivity index (χ1v) is 4.26. The molecule has 14 heavy (non-hydrogen) atoms. The largest absolute Gasteiger partial charge is 0.493 e. The maximum atomic E-state index is 5.21. The summed E-state index contributed by atoms with van der Waals surface area (Å²) in [7, 11) is 3.19. The van der Waals surface area contributed by atoms with Gasteiger partial charge in [0.2, 0.25) is 0 Å². The number of aryl methyl sites for hydroxylation is 1. The SMILES string of the molecule is COc1cc(C)cc(CON)c1OC. The molecule has 0 unspecified atom stereocenters. The van der Waals surface area contributed by atoms with Crippen molar-refractivity contribution in [3.05, 3.63) is 23.3 Å². The fourth-order valence-corrected chi connectivity index (χ4v) is 1.39. The van der Waals surface area contributed by atoms with E-state index in [1.807, 2.05) is 19.1 Å². The molecule has 0 heterocycles. The molecule has 78 valence electrons. The van der Waals surface area contributed by atoms with Crippen molar-refractivity contribution in [2.75, 3.05) is 14.2 Å². The van der Waals surface area contributed by atoms with Gasteiger partial charge in [0.1, 0.15) is 0 Å². The van der Waals surface area contributed by atoms with Gasteiger partial charge in [-0.15, -0.1) is 0 Å². The molecule has 0 amide bonds. The Kier molecular flexibility index (Phi) is 3.73. The Morgan fingerprint density at radius 3 is 2.43 bits per heavy atom. The summed E-state index contributed by atoms with van der Waals surface area (Å²) in [6.45, 7) is 2.28. The number of nitrogens with two attached hydrogens (primary N) is 1. The molecular weight excluding hydrogens is 182 g/mol. The molecule has 0 aliphatic heterocycles. The van der Waals surface area contributed by atoms with Crippen LogP contribution < -0.4 is 15.4 Å². The Hall–Kier alpha value is -1.26. The lowest BCUT2D eigenvalue weighted by molar-refractivity contribution is 0.121. The van der Waals surface area contributed by atoms with Gasteiger partial charge >= 0.3 is 0 Å². The molecular formula is C10H15NO3. The lowest BCUT2D eigenvalue weighted by Crippen LogP contribution is -2.03. The van der Waals surface area contributed by atoms with E-state index in [2.05, 4.69) is 4.84 Å². The summed E-state index contributed by atoms with van der Waals surface area (Å²) in [6.07, 6.45) is 0. The summed E-state index contributed by atoms with van der Waals surface area (Å²) in [4.78, 5) is 4.59. The highest BCUT2D eigenvalue weighted by molar-refractivity contribution is 5.49. The van der Waals surface area contributed by atoms with Crippen molar-refractivity contribution in [1.82, 2.24) is 0 Å². The predicted octanol–water partition coefficient (Wildman–Crippen LogP) is 1.40. The van der Waals surface area contributed by atoms with Gasteiger partial charge in [-0.3, -0.25) is 4.84 Å². The van der Waals surface area contributed by atoms with Crippen LogP contribution in [0.15, 0.2) is 12.1 Å². The molecule has 0 aromatic heterocycles. The van der Waals surface area contributed by atoms with E-state index in [-0.39, 0.29) is 0 Å². The van der Waals surface area contributed by atoms with Crippen molar-refractivity contribution < 1.29 is 14.3 Å². The van der Waals surface area contributed by atoms with Crippen LogP contribution in [0.3, 0.4) is 0 Å². The quantitative estimate of drug-likeness (QED) is 0.741. The van der Waals surface area contributed by atoms with Gasteiger partial charge in [-0.1, -0.05) is 0 Å². The summed E-state index contributed by atoms with van der Waals surface area (Å²) in [5, 5.41) is 0. The molecule has 1 aromatic carbocycles. The van der Waals surface area contributed by atoms with Crippen LogP contribution in [0, 0.1) is 6.92 Å². The van der Waals surface area contributed by atoms with Crippen LogP contribution in [0.2, 0.25) is 0 Å². The van der Waals surface area contributed by atoms with Crippen molar-refractivity contribution in [2.24, 2.45) is 5.90 Å². The monoisotopic (exact) mass is 197 g/mol. The lowest BCUT2D eigenvalue weighted by Gasteiger charge is -2.12. The fourth-order valence-electron chi connectivity index (χ4n) is 1.39. The number of ether oxygens (including phenoxy) is 2. The summed E-state index contributed by atoms with van der Waals surface area (Å²) >= 11 is 0. The minimum absolute atomic E-state index is 0.307. The number of hydrogen-bond donors (Lipinski definition) is 1. The van der Waals surface area contributed by atoms with Crippen molar-refractivity contribution in [3.63, 3.8) is 0 Å². The molecule has 0 aliphatic rings. The van der Waals surface area contributed by atoms with Crippen LogP contribution in [0.5, 0.6) is 11.5 Å². The van der Waals surface area contributed by atoms with Crippen LogP contribution in [0.25, 0.3) is 0 Å². The molecule has 0 saturated heterocycles. The first kappa shape index (κ1) is 10.8. The second kappa shape index (κ2) is 4.83. The molecule has 0 spiro atoms. The zero-order valence-corrected chi connectivity index (χ0v) is 8.66. The number of hydrogen-bond acceptors (Lipinski definition) is 4. The maximum absolute atomic E-state index is 5.21. The fraction of sp³-hybridized carbons (Fsp3) is 0.400. The Morgan fingerprint density at radius 1 is 1.21 bits per heavy atom. The molecule has 0 aliphatic carbocycles. The summed E-state index contributed by atoms with van der Waals surface area (Å²) in [5.41, 5.74) is 1.96. The Bertz CT molecular complexity index is 312. The van der Waals surface area contributed by atoms with Crippen LogP contribution in [-0.4, -0.2) is 14.2 Å². The zero-order valence-electron chi connectivity index (χ0n) is 8.66. The maximum Gasteiger partial charge on any atom is 0.166 e. The third-order valence-corrected chi connectivity index (χ3v) is 1.94. The highest BCUT2D eigenvalue weighted by Gasteiger charge is 2.10. The molecule has 1 aromatic rings. The standard InChI is InChI=1S/C10H15NO3/c1-7-4-8(6-14-11)10(13-3)9(5-7)12-2/h4-5H,6,11H2,1-3H3. The van der Waals surface area contributed by atoms with Crippen LogP contribution in [0.4, 0.5) is 0 Å². The van der Waals surface area contributed by atoms with Gasteiger partial charge in [0.05, 0.1) is 20.8 Å². The molecule has 2 N–H and O–H groups in total. The molecule has 0 atom stereocenters. The van der Waals surface area contributed by atoms with E-state index in [9.17, 15) is 0 Å². The lowest BCUT2D eigenvalue weighted by atomic mass is 10.1. The van der Waals surface area contributed by atoms with Crippen molar-refractivity contribution in [2.45, 2.75) is 13.5 Å². The van der Waals surface area contributed by atoms with Crippen LogP contribution in [-0.2, 0) is 11.4 Å².